The van der Waals surface area contributed by atoms with Crippen LogP contribution in [-0.4, -0.2) is 271 Å². The van der Waals surface area contributed by atoms with Crippen molar-refractivity contribution in [2.75, 3.05) is 46.7 Å². The molecule has 0 radical (unpaired) electrons. The molecule has 1 rings (SSSR count). The quantitative estimate of drug-likeness (QED) is 0.0220. The molecule has 58 heavy (non-hydrogen) atoms. The number of hydrogen-bond donors (Lipinski definition) is 21. The maximum atomic E-state index is 11.2. The lowest BCUT2D eigenvalue weighted by Gasteiger charge is -2.56. The first-order valence-corrected chi connectivity index (χ1v) is 18.3. The molecule has 0 saturated heterocycles. The summed E-state index contributed by atoms with van der Waals surface area (Å²) in [5.41, 5.74) is 2.61. The van der Waals surface area contributed by atoms with Gasteiger partial charge in [-0.1, -0.05) is 0 Å². The van der Waals surface area contributed by atoms with E-state index in [1.165, 1.54) is 0 Å². The average Bonchev–Trinajstić information content (AvgIpc) is 3.20. The summed E-state index contributed by atoms with van der Waals surface area (Å²) in [6, 6.07) is 0. The van der Waals surface area contributed by atoms with Crippen molar-refractivity contribution in [1.82, 2.24) is 0 Å². The largest absolute Gasteiger partial charge is 0.394 e. The lowest BCUT2D eigenvalue weighted by atomic mass is 9.61. The zero-order valence-corrected chi connectivity index (χ0v) is 31.7. The monoisotopic (exact) mass is 863 g/mol. The van der Waals surface area contributed by atoms with Gasteiger partial charge in [0.25, 0.3) is 0 Å². The number of nitrogens with two attached hydrogens (primary N) is 1. The summed E-state index contributed by atoms with van der Waals surface area (Å²) >= 11 is 0. The molecule has 1 aliphatic carbocycles. The average molecular weight is 864 g/mol. The molecule has 22 N–H and O–H groups in total. The maximum absolute atomic E-state index is 11.2. The molecular formula is C32H65NO25. The van der Waals surface area contributed by atoms with Crippen LogP contribution in [0.4, 0.5) is 0 Å². The molecule has 0 bridgehead atoms. The van der Waals surface area contributed by atoms with Crippen LogP contribution in [0.5, 0.6) is 0 Å². The molecule has 0 spiro atoms. The fraction of sp³-hybridized carbons (Fsp3) is 1.00. The summed E-state index contributed by atoms with van der Waals surface area (Å²) in [4.78, 5) is 0. The van der Waals surface area contributed by atoms with Crippen molar-refractivity contribution in [1.29, 1.82) is 0 Å². The van der Waals surface area contributed by atoms with Crippen molar-refractivity contribution in [3.63, 3.8) is 0 Å². The van der Waals surface area contributed by atoms with E-state index in [0.29, 0.717) is 0 Å². The molecule has 0 aliphatic heterocycles. The van der Waals surface area contributed by atoms with Gasteiger partial charge >= 0.3 is 0 Å². The Labute approximate surface area is 332 Å². The first-order valence-electron chi connectivity index (χ1n) is 18.3. The van der Waals surface area contributed by atoms with Gasteiger partial charge < -0.3 is 132 Å². The van der Waals surface area contributed by atoms with Crippen LogP contribution in [0.25, 0.3) is 0 Å². The Hall–Kier alpha value is -1.04. The van der Waals surface area contributed by atoms with E-state index in [-0.39, 0.29) is 19.6 Å². The van der Waals surface area contributed by atoms with Gasteiger partial charge in [-0.15, -0.1) is 0 Å². The molecule has 1 fully saturated rings. The van der Waals surface area contributed by atoms with Gasteiger partial charge in [-0.2, -0.15) is 0 Å². The summed E-state index contributed by atoms with van der Waals surface area (Å²) in [6.07, 6.45) is -42.9. The summed E-state index contributed by atoms with van der Waals surface area (Å²) in [7, 11) is 0.840. The Morgan fingerprint density at radius 2 is 1.10 bits per heavy atom. The van der Waals surface area contributed by atoms with Crippen LogP contribution >= 0.6 is 0 Å². The van der Waals surface area contributed by atoms with Crippen LogP contribution in [-0.2, 0) is 23.7 Å². The molecular weight excluding hydrogens is 798 g/mol. The number of ether oxygens (including phenoxy) is 5. The van der Waals surface area contributed by atoms with Crippen LogP contribution < -0.4 is 5.73 Å². The van der Waals surface area contributed by atoms with Crippen molar-refractivity contribution in [2.45, 2.75) is 148 Å². The van der Waals surface area contributed by atoms with Gasteiger partial charge in [-0.05, 0) is 13.0 Å². The zero-order chi connectivity index (χ0) is 44.7. The van der Waals surface area contributed by atoms with Gasteiger partial charge in [0.15, 0.2) is 30.8 Å². The van der Waals surface area contributed by atoms with E-state index in [0.717, 1.165) is 7.11 Å². The Morgan fingerprint density at radius 3 is 1.55 bits per heavy atom. The lowest BCUT2D eigenvalue weighted by molar-refractivity contribution is -0.365. The third-order valence-corrected chi connectivity index (χ3v) is 9.68. The minimum Gasteiger partial charge on any atom is -0.394 e. The Balaban J connectivity index is 3.35. The number of aliphatic hydroxyl groups is 20. The van der Waals surface area contributed by atoms with Gasteiger partial charge in [0.05, 0.1) is 87.8 Å². The van der Waals surface area contributed by atoms with Crippen LogP contribution in [0, 0.1) is 5.92 Å². The standard InChI is InChI=1S/C32H65NO25/c1-54-30(24(48)20(44)17(42)7-14(10-36)56-31(52)32(53)19(18(43)11-37)23(47)27(32)49)58-26(22(46)16(41)6-13(39)9-35)29(51)57-25(28(50)55-4-2-3-33)21(45)15(40)5-12(38)8-34/h12-31,34-53H,2-11,33H2,1H3/t12-,13-,14-,15+,16+,17+,18+,19?,20?,21?,22?,23+,24?,25?,26?,27?,28+,29+,30+,31+,32?/m0/s1. The third-order valence-electron chi connectivity index (χ3n) is 9.68. The second kappa shape index (κ2) is 26.4. The Bertz CT molecular complexity index is 1090. The smallest absolute Gasteiger partial charge is 0.187 e. The van der Waals surface area contributed by atoms with E-state index >= 15 is 0 Å². The first kappa shape index (κ1) is 55.0. The van der Waals surface area contributed by atoms with Crippen LogP contribution in [0.3, 0.4) is 0 Å². The highest BCUT2D eigenvalue weighted by Gasteiger charge is 2.67. The van der Waals surface area contributed by atoms with E-state index in [2.05, 4.69) is 0 Å². The van der Waals surface area contributed by atoms with Crippen LogP contribution in [0.15, 0.2) is 0 Å². The summed E-state index contributed by atoms with van der Waals surface area (Å²) < 4.78 is 26.0. The van der Waals surface area contributed by atoms with Crippen molar-refractivity contribution in [3.8, 4) is 0 Å². The van der Waals surface area contributed by atoms with E-state index < -0.39 is 174 Å². The topological polar surface area (TPSA) is 477 Å². The molecule has 0 aromatic carbocycles. The van der Waals surface area contributed by atoms with Crippen LogP contribution in [0.1, 0.15) is 25.7 Å². The molecule has 9 unspecified atom stereocenters. The minimum absolute atomic E-state index is 0.0701. The third kappa shape index (κ3) is 14.8. The molecule has 1 saturated carbocycles. The molecule has 1 aliphatic rings. The highest BCUT2D eigenvalue weighted by molar-refractivity contribution is 5.14. The number of methoxy groups -OCH3 is 1. The Morgan fingerprint density at radius 1 is 0.603 bits per heavy atom. The Kier molecular flexibility index (Phi) is 25.1. The van der Waals surface area contributed by atoms with Crippen molar-refractivity contribution in [2.24, 2.45) is 11.7 Å². The highest BCUT2D eigenvalue weighted by Crippen LogP contribution is 2.44. The molecule has 0 aromatic rings. The fourth-order valence-corrected chi connectivity index (χ4v) is 6.15. The van der Waals surface area contributed by atoms with Crippen molar-refractivity contribution >= 4 is 0 Å². The molecule has 0 aromatic heterocycles. The van der Waals surface area contributed by atoms with E-state index in [4.69, 9.17) is 34.5 Å². The van der Waals surface area contributed by atoms with E-state index in [1.807, 2.05) is 0 Å². The highest BCUT2D eigenvalue weighted by atomic mass is 16.7. The number of aliphatic hydroxyl groups excluding tert-OH is 19. The predicted octanol–water partition coefficient (Wildman–Crippen LogP) is -11.7. The molecule has 348 valence electrons. The maximum Gasteiger partial charge on any atom is 0.187 e. The predicted molar refractivity (Wildman–Crippen MR) is 186 cm³/mol. The van der Waals surface area contributed by atoms with Gasteiger partial charge in [-0.3, -0.25) is 0 Å². The van der Waals surface area contributed by atoms with Gasteiger partial charge in [0.1, 0.15) is 42.7 Å². The van der Waals surface area contributed by atoms with Gasteiger partial charge in [0, 0.05) is 26.4 Å². The molecule has 21 atom stereocenters. The normalized spacial score (nSPS) is 29.0. The summed E-state index contributed by atoms with van der Waals surface area (Å²) in [5.74, 6) is -1.75. The summed E-state index contributed by atoms with van der Waals surface area (Å²) in [5, 5.41) is 206. The SMILES string of the molecule is CO[C@H](OC(C(O)[C@H](O)C[C@H](O)CO)[C@H](O)OC(C(O)[C@H](O)C[C@H](O)CO)[C@H](O)OCCCN)C(O)C(O)[C@H](O)C[C@@H](CO)O[C@@H](O)C1(O)C(O)[C@H](O)C1[C@H](O)CO. The number of rotatable bonds is 32. The second-order valence-corrected chi connectivity index (χ2v) is 14.0. The molecule has 26 nitrogen and oxygen atoms in total. The summed E-state index contributed by atoms with van der Waals surface area (Å²) in [6.45, 7) is -4.06. The molecule has 0 amide bonds. The first-order chi connectivity index (χ1) is 27.1. The molecule has 26 heteroatoms. The lowest BCUT2D eigenvalue weighted by Crippen LogP contribution is -2.78. The zero-order valence-electron chi connectivity index (χ0n) is 31.7. The number of hydrogen-bond acceptors (Lipinski definition) is 26. The molecule has 0 heterocycles. The van der Waals surface area contributed by atoms with Crippen LogP contribution in [0.2, 0.25) is 0 Å². The van der Waals surface area contributed by atoms with Crippen molar-refractivity contribution in [3.05, 3.63) is 0 Å². The van der Waals surface area contributed by atoms with E-state index in [1.54, 1.807) is 0 Å². The second-order valence-electron chi connectivity index (χ2n) is 14.0. The van der Waals surface area contributed by atoms with Gasteiger partial charge in [-0.25, -0.2) is 0 Å². The fourth-order valence-electron chi connectivity index (χ4n) is 6.15. The van der Waals surface area contributed by atoms with Gasteiger partial charge in [0.2, 0.25) is 0 Å². The minimum atomic E-state index is -2.80. The van der Waals surface area contributed by atoms with Crippen molar-refractivity contribution < 1.29 is 126 Å². The van der Waals surface area contributed by atoms with E-state index in [9.17, 15) is 97.0 Å².